The van der Waals surface area contributed by atoms with Crippen LogP contribution < -0.4 is 0 Å². The van der Waals surface area contributed by atoms with E-state index in [-0.39, 0.29) is 0 Å². The molecule has 1 aromatic heterocycles. The number of benzene rings is 1. The predicted octanol–water partition coefficient (Wildman–Crippen LogP) is 6.21. The topological polar surface area (TPSA) is 0 Å². The Balaban J connectivity index is 2.20. The van der Waals surface area contributed by atoms with E-state index in [0.29, 0.717) is 5.54 Å². The Bertz CT molecular complexity index is 677. The normalized spacial score (nSPS) is 18.1. The van der Waals surface area contributed by atoms with Crippen molar-refractivity contribution >= 4 is 35.9 Å². The zero-order valence-electron chi connectivity index (χ0n) is 12.3. The van der Waals surface area contributed by atoms with Crippen molar-refractivity contribution in [1.82, 2.24) is 0 Å². The van der Waals surface area contributed by atoms with E-state index in [9.17, 15) is 0 Å². The molecule has 0 saturated carbocycles. The number of thiophene rings is 1. The van der Waals surface area contributed by atoms with E-state index in [0.717, 1.165) is 0 Å². The minimum Gasteiger partial charge on any atom is -0.167 e. The molecule has 1 aromatic carbocycles. The molecule has 3 rings (SSSR count). The van der Waals surface area contributed by atoms with Crippen LogP contribution in [0.1, 0.15) is 27.8 Å². The number of halogens is 1. The zero-order chi connectivity index (χ0) is 14.5. The van der Waals surface area contributed by atoms with Gasteiger partial charge in [-0.1, -0.05) is 55.1 Å². The first-order valence-corrected chi connectivity index (χ1v) is 11.9. The summed E-state index contributed by atoms with van der Waals surface area (Å²) in [6, 6.07) is 10.7. The average Bonchev–Trinajstić information content (AvgIpc) is 2.81. The van der Waals surface area contributed by atoms with Gasteiger partial charge in [-0.2, -0.15) is 11.1 Å². The quantitative estimate of drug-likeness (QED) is 0.456. The third-order valence-corrected chi connectivity index (χ3v) is 8.16. The van der Waals surface area contributed by atoms with Crippen LogP contribution in [0.4, 0.5) is 0 Å². The molecule has 1 aliphatic carbocycles. The number of aryl methyl sites for hydroxylation is 1. The fourth-order valence-electron chi connectivity index (χ4n) is 3.28. The van der Waals surface area contributed by atoms with Crippen LogP contribution in [0.2, 0.25) is 13.1 Å². The maximum atomic E-state index is 6.77. The fraction of sp³-hybridized carbons (Fsp3) is 0.294. The Labute approximate surface area is 130 Å². The summed E-state index contributed by atoms with van der Waals surface area (Å²) in [4.78, 5) is 2.90. The zero-order valence-corrected chi connectivity index (χ0v) is 14.9. The van der Waals surface area contributed by atoms with Gasteiger partial charge in [0.2, 0.25) is 0 Å². The lowest BCUT2D eigenvalue weighted by Crippen LogP contribution is -2.27. The Morgan fingerprint density at radius 2 is 1.75 bits per heavy atom. The standard InChI is InChI=1S/C17H19ClSSi/c1-11-10-14-15(13-8-6-5-7-9-13)12(2)19-16(14)17(11)20(3,4)18/h5-10,17H,1-4H3. The third kappa shape index (κ3) is 2.20. The Kier molecular flexibility index (Phi) is 3.44. The van der Waals surface area contributed by atoms with Crippen molar-refractivity contribution in [3.8, 4) is 11.1 Å². The van der Waals surface area contributed by atoms with Crippen LogP contribution in [0.25, 0.3) is 17.2 Å². The van der Waals surface area contributed by atoms with Crippen LogP contribution in [0.5, 0.6) is 0 Å². The van der Waals surface area contributed by atoms with Crippen LogP contribution in [0, 0.1) is 6.92 Å². The molecule has 0 spiro atoms. The van der Waals surface area contributed by atoms with Crippen LogP contribution >= 0.6 is 22.4 Å². The van der Waals surface area contributed by atoms with Gasteiger partial charge in [-0.3, -0.25) is 0 Å². The van der Waals surface area contributed by atoms with Crippen LogP contribution in [-0.2, 0) is 0 Å². The van der Waals surface area contributed by atoms with Gasteiger partial charge in [0.1, 0.15) is 0 Å². The van der Waals surface area contributed by atoms with Gasteiger partial charge in [0.05, 0.1) is 0 Å². The second-order valence-electron chi connectivity index (χ2n) is 6.06. The summed E-state index contributed by atoms with van der Waals surface area (Å²) in [6.07, 6.45) is 2.36. The van der Waals surface area contributed by atoms with E-state index >= 15 is 0 Å². The van der Waals surface area contributed by atoms with E-state index in [1.165, 1.54) is 32.0 Å². The summed E-state index contributed by atoms with van der Waals surface area (Å²) < 4.78 is 0. The molecule has 1 atom stereocenters. The highest BCUT2D eigenvalue weighted by molar-refractivity contribution is 7.22. The third-order valence-electron chi connectivity index (χ3n) is 3.99. The maximum absolute atomic E-state index is 6.77. The van der Waals surface area contributed by atoms with Crippen molar-refractivity contribution < 1.29 is 0 Å². The first kappa shape index (κ1) is 14.1. The summed E-state index contributed by atoms with van der Waals surface area (Å²) in [5.74, 6) is 0. The van der Waals surface area contributed by atoms with Gasteiger partial charge in [-0.15, -0.1) is 11.3 Å². The summed E-state index contributed by atoms with van der Waals surface area (Å²) in [5, 5.41) is 0. The lowest BCUT2D eigenvalue weighted by atomic mass is 10.0. The molecule has 20 heavy (non-hydrogen) atoms. The smallest absolute Gasteiger partial charge is 0.162 e. The second-order valence-corrected chi connectivity index (χ2v) is 13.9. The highest BCUT2D eigenvalue weighted by Gasteiger charge is 2.39. The number of allylic oxidation sites excluding steroid dienone is 1. The van der Waals surface area contributed by atoms with Gasteiger partial charge in [0.15, 0.2) is 7.38 Å². The molecule has 1 unspecified atom stereocenters. The number of hydrogen-bond donors (Lipinski definition) is 0. The average molecular weight is 319 g/mol. The van der Waals surface area contributed by atoms with Crippen molar-refractivity contribution in [3.05, 3.63) is 51.2 Å². The Hall–Kier alpha value is -0.833. The Morgan fingerprint density at radius 3 is 2.35 bits per heavy atom. The molecule has 0 bridgehead atoms. The molecule has 3 heteroatoms. The van der Waals surface area contributed by atoms with Crippen LogP contribution in [0.15, 0.2) is 35.9 Å². The first-order valence-electron chi connectivity index (χ1n) is 6.95. The molecule has 0 radical (unpaired) electrons. The minimum absolute atomic E-state index is 0.473. The molecule has 0 fully saturated rings. The van der Waals surface area contributed by atoms with E-state index in [4.69, 9.17) is 11.1 Å². The van der Waals surface area contributed by atoms with Gasteiger partial charge < -0.3 is 0 Å². The molecule has 0 amide bonds. The van der Waals surface area contributed by atoms with E-state index in [1.54, 1.807) is 0 Å². The largest absolute Gasteiger partial charge is 0.167 e. The van der Waals surface area contributed by atoms with Crippen molar-refractivity contribution in [2.24, 2.45) is 0 Å². The molecule has 0 aliphatic heterocycles. The first-order chi connectivity index (χ1) is 9.39. The minimum atomic E-state index is -1.73. The molecule has 1 aliphatic rings. The number of fused-ring (bicyclic) bond motifs is 1. The predicted molar refractivity (Wildman–Crippen MR) is 94.2 cm³/mol. The lowest BCUT2D eigenvalue weighted by molar-refractivity contribution is 1.13. The number of hydrogen-bond acceptors (Lipinski definition) is 1. The summed E-state index contributed by atoms with van der Waals surface area (Å²) >= 11 is 8.71. The fourth-order valence-corrected chi connectivity index (χ4v) is 8.55. The van der Waals surface area contributed by atoms with E-state index in [1.807, 2.05) is 11.3 Å². The molecule has 0 saturated heterocycles. The Morgan fingerprint density at radius 1 is 1.10 bits per heavy atom. The summed E-state index contributed by atoms with van der Waals surface area (Å²) in [5.41, 5.74) is 6.06. The summed E-state index contributed by atoms with van der Waals surface area (Å²) in [6.45, 7) is 8.97. The molecule has 0 N–H and O–H groups in total. The van der Waals surface area contributed by atoms with Crippen molar-refractivity contribution in [2.75, 3.05) is 0 Å². The molecule has 2 aromatic rings. The van der Waals surface area contributed by atoms with Crippen molar-refractivity contribution in [2.45, 2.75) is 32.5 Å². The molecule has 1 heterocycles. The monoisotopic (exact) mass is 318 g/mol. The highest BCUT2D eigenvalue weighted by atomic mass is 35.6. The number of rotatable bonds is 2. The van der Waals surface area contributed by atoms with Crippen LogP contribution in [-0.4, -0.2) is 7.38 Å². The summed E-state index contributed by atoms with van der Waals surface area (Å²) in [7, 11) is -1.73. The van der Waals surface area contributed by atoms with Gasteiger partial charge in [-0.25, -0.2) is 0 Å². The molecular weight excluding hydrogens is 300 g/mol. The molecule has 0 nitrogen and oxygen atoms in total. The molecular formula is C17H19ClSSi. The van der Waals surface area contributed by atoms with Gasteiger partial charge in [-0.05, 0) is 25.0 Å². The van der Waals surface area contributed by atoms with Crippen molar-refractivity contribution in [3.63, 3.8) is 0 Å². The van der Waals surface area contributed by atoms with E-state index in [2.05, 4.69) is 63.3 Å². The van der Waals surface area contributed by atoms with Crippen molar-refractivity contribution in [1.29, 1.82) is 0 Å². The second kappa shape index (κ2) is 4.87. The molecule has 104 valence electrons. The van der Waals surface area contributed by atoms with Crippen LogP contribution in [0.3, 0.4) is 0 Å². The van der Waals surface area contributed by atoms with Gasteiger partial charge >= 0.3 is 0 Å². The lowest BCUT2D eigenvalue weighted by Gasteiger charge is -2.23. The maximum Gasteiger partial charge on any atom is 0.162 e. The van der Waals surface area contributed by atoms with Gasteiger partial charge in [0, 0.05) is 20.9 Å². The highest BCUT2D eigenvalue weighted by Crippen LogP contribution is 2.51. The SMILES string of the molecule is CC1=Cc2c(sc(C)c2-c2ccccc2)C1[Si](C)(C)Cl. The van der Waals surface area contributed by atoms with E-state index < -0.39 is 7.38 Å². The van der Waals surface area contributed by atoms with Gasteiger partial charge in [0.25, 0.3) is 0 Å².